The molecule has 0 aliphatic rings. The molecule has 0 N–H and O–H groups in total. The Morgan fingerprint density at radius 3 is 3.00 bits per heavy atom. The van der Waals surface area contributed by atoms with Crippen LogP contribution >= 0.6 is 45.5 Å². The van der Waals surface area contributed by atoms with Gasteiger partial charge in [0, 0.05) is 14.3 Å². The van der Waals surface area contributed by atoms with E-state index in [0.29, 0.717) is 11.6 Å². The molecule has 1 heterocycles. The second kappa shape index (κ2) is 4.24. The van der Waals surface area contributed by atoms with E-state index in [4.69, 9.17) is 16.3 Å². The van der Waals surface area contributed by atoms with Crippen molar-refractivity contribution in [2.75, 3.05) is 6.61 Å². The smallest absolute Gasteiger partial charge is 0.155 e. The van der Waals surface area contributed by atoms with Gasteiger partial charge >= 0.3 is 0 Å². The molecule has 2 rings (SSSR count). The van der Waals surface area contributed by atoms with Crippen LogP contribution in [0.1, 0.15) is 6.92 Å². The lowest BCUT2D eigenvalue weighted by Gasteiger charge is -2.06. The molecule has 74 valence electrons. The first-order valence-corrected chi connectivity index (χ1v) is 6.55. The average Bonchev–Trinajstić information content (AvgIpc) is 2.53. The molecule has 1 nitrogen and oxygen atoms in total. The third-order valence-electron chi connectivity index (χ3n) is 1.89. The fourth-order valence-corrected chi connectivity index (χ4v) is 3.51. The zero-order valence-corrected chi connectivity index (χ0v) is 11.2. The van der Waals surface area contributed by atoms with E-state index in [1.807, 2.05) is 19.1 Å². The number of fused-ring (bicyclic) bond motifs is 1. The molecular weight excluding hydrogens is 331 g/mol. The quantitative estimate of drug-likeness (QED) is 0.730. The van der Waals surface area contributed by atoms with Gasteiger partial charge in [-0.2, -0.15) is 0 Å². The number of rotatable bonds is 2. The summed E-state index contributed by atoms with van der Waals surface area (Å²) in [6, 6.07) is 3.93. The van der Waals surface area contributed by atoms with E-state index < -0.39 is 0 Å². The lowest BCUT2D eigenvalue weighted by Crippen LogP contribution is -1.92. The number of thiophene rings is 1. The number of hydrogen-bond acceptors (Lipinski definition) is 2. The monoisotopic (exact) mass is 338 g/mol. The number of ether oxygens (including phenoxy) is 1. The van der Waals surface area contributed by atoms with Crippen LogP contribution in [0.5, 0.6) is 5.75 Å². The second-order valence-electron chi connectivity index (χ2n) is 2.77. The predicted molar refractivity (Wildman–Crippen MR) is 70.7 cm³/mol. The molecule has 0 fully saturated rings. The van der Waals surface area contributed by atoms with Crippen molar-refractivity contribution >= 4 is 55.6 Å². The topological polar surface area (TPSA) is 9.23 Å². The largest absolute Gasteiger partial charge is 0.491 e. The van der Waals surface area contributed by atoms with E-state index in [2.05, 4.69) is 28.0 Å². The maximum atomic E-state index is 6.07. The molecule has 0 saturated heterocycles. The van der Waals surface area contributed by atoms with Gasteiger partial charge in [0.1, 0.15) is 0 Å². The minimum Gasteiger partial charge on any atom is -0.491 e. The standard InChI is InChI=1S/C10H8ClIOS/c1-2-13-9-7(11)4-3-6-8(12)5-14-10(6)9/h3-5H,2H2,1H3. The van der Waals surface area contributed by atoms with Crippen LogP contribution in [0.4, 0.5) is 0 Å². The minimum atomic E-state index is 0.646. The van der Waals surface area contributed by atoms with Gasteiger partial charge in [-0.25, -0.2) is 0 Å². The van der Waals surface area contributed by atoms with Crippen molar-refractivity contribution in [2.45, 2.75) is 6.92 Å². The Labute approximate surface area is 105 Å². The molecule has 1 aromatic heterocycles. The molecule has 1 aromatic carbocycles. The summed E-state index contributed by atoms with van der Waals surface area (Å²) < 4.78 is 7.93. The van der Waals surface area contributed by atoms with Gasteiger partial charge in [-0.1, -0.05) is 17.7 Å². The van der Waals surface area contributed by atoms with E-state index >= 15 is 0 Å². The van der Waals surface area contributed by atoms with E-state index in [1.165, 1.54) is 8.96 Å². The Morgan fingerprint density at radius 2 is 2.29 bits per heavy atom. The van der Waals surface area contributed by atoms with Crippen LogP contribution in [0, 0.1) is 3.57 Å². The summed E-state index contributed by atoms with van der Waals surface area (Å²) in [5, 5.41) is 4.03. The summed E-state index contributed by atoms with van der Waals surface area (Å²) >= 11 is 10.1. The van der Waals surface area contributed by atoms with Crippen molar-refractivity contribution < 1.29 is 4.74 Å². The molecule has 4 heteroatoms. The first kappa shape index (κ1) is 10.5. The molecule has 14 heavy (non-hydrogen) atoms. The molecule has 0 saturated carbocycles. The van der Waals surface area contributed by atoms with Gasteiger partial charge in [-0.15, -0.1) is 11.3 Å². The zero-order valence-electron chi connectivity index (χ0n) is 7.51. The summed E-state index contributed by atoms with van der Waals surface area (Å²) in [6.07, 6.45) is 0. The summed E-state index contributed by atoms with van der Waals surface area (Å²) in [6.45, 7) is 2.61. The lowest BCUT2D eigenvalue weighted by molar-refractivity contribution is 0.345. The van der Waals surface area contributed by atoms with E-state index in [9.17, 15) is 0 Å². The maximum Gasteiger partial charge on any atom is 0.155 e. The predicted octanol–water partition coefficient (Wildman–Crippen LogP) is 4.56. The Morgan fingerprint density at radius 1 is 1.50 bits per heavy atom. The Bertz CT molecular complexity index is 466. The van der Waals surface area contributed by atoms with Crippen LogP contribution in [-0.4, -0.2) is 6.61 Å². The summed E-state index contributed by atoms with van der Waals surface area (Å²) in [5.74, 6) is 0.819. The Kier molecular flexibility index (Phi) is 3.19. The Balaban J connectivity index is 2.70. The number of benzene rings is 1. The van der Waals surface area contributed by atoms with Crippen molar-refractivity contribution in [3.8, 4) is 5.75 Å². The minimum absolute atomic E-state index is 0.646. The molecule has 0 aliphatic carbocycles. The third kappa shape index (κ3) is 1.73. The van der Waals surface area contributed by atoms with Crippen molar-refractivity contribution in [1.82, 2.24) is 0 Å². The molecule has 0 amide bonds. The molecule has 0 unspecified atom stereocenters. The third-order valence-corrected chi connectivity index (χ3v) is 4.50. The summed E-state index contributed by atoms with van der Waals surface area (Å²) in [7, 11) is 0. The van der Waals surface area contributed by atoms with Crippen molar-refractivity contribution in [1.29, 1.82) is 0 Å². The van der Waals surface area contributed by atoms with E-state index in [1.54, 1.807) is 11.3 Å². The van der Waals surface area contributed by atoms with Gasteiger partial charge in [0.15, 0.2) is 5.75 Å². The molecular formula is C10H8ClIOS. The maximum absolute atomic E-state index is 6.07. The molecule has 0 spiro atoms. The van der Waals surface area contributed by atoms with Gasteiger partial charge in [0.05, 0.1) is 16.3 Å². The highest BCUT2D eigenvalue weighted by Crippen LogP contribution is 2.39. The SMILES string of the molecule is CCOc1c(Cl)ccc2c(I)csc12. The van der Waals surface area contributed by atoms with Gasteiger partial charge in [-0.3, -0.25) is 0 Å². The molecule has 0 radical (unpaired) electrons. The van der Waals surface area contributed by atoms with Crippen LogP contribution in [0.2, 0.25) is 5.02 Å². The van der Waals surface area contributed by atoms with Gasteiger partial charge in [-0.05, 0) is 35.6 Å². The first-order valence-electron chi connectivity index (χ1n) is 4.22. The lowest BCUT2D eigenvalue weighted by atomic mass is 10.2. The van der Waals surface area contributed by atoms with Crippen molar-refractivity contribution in [2.24, 2.45) is 0 Å². The highest BCUT2D eigenvalue weighted by atomic mass is 127. The van der Waals surface area contributed by atoms with Gasteiger partial charge in [0.25, 0.3) is 0 Å². The van der Waals surface area contributed by atoms with Crippen LogP contribution in [-0.2, 0) is 0 Å². The van der Waals surface area contributed by atoms with E-state index in [-0.39, 0.29) is 0 Å². The molecule has 2 aromatic rings. The van der Waals surface area contributed by atoms with Crippen LogP contribution in [0.3, 0.4) is 0 Å². The first-order chi connectivity index (χ1) is 6.74. The van der Waals surface area contributed by atoms with Crippen molar-refractivity contribution in [3.05, 3.63) is 26.1 Å². The second-order valence-corrected chi connectivity index (χ2v) is 5.22. The van der Waals surface area contributed by atoms with Crippen molar-refractivity contribution in [3.63, 3.8) is 0 Å². The molecule has 0 bridgehead atoms. The highest BCUT2D eigenvalue weighted by Gasteiger charge is 2.10. The van der Waals surface area contributed by atoms with Crippen LogP contribution in [0.25, 0.3) is 10.1 Å². The molecule has 0 aliphatic heterocycles. The van der Waals surface area contributed by atoms with E-state index in [0.717, 1.165) is 10.4 Å². The molecule has 0 atom stereocenters. The Hall–Kier alpha value is -0.0000000000000000833. The van der Waals surface area contributed by atoms with Crippen LogP contribution in [0.15, 0.2) is 17.5 Å². The number of hydrogen-bond donors (Lipinski definition) is 0. The fraction of sp³-hybridized carbons (Fsp3) is 0.200. The normalized spacial score (nSPS) is 10.8. The van der Waals surface area contributed by atoms with Crippen LogP contribution < -0.4 is 4.74 Å². The van der Waals surface area contributed by atoms with Gasteiger partial charge in [0.2, 0.25) is 0 Å². The fourth-order valence-electron chi connectivity index (χ4n) is 1.30. The highest BCUT2D eigenvalue weighted by molar-refractivity contribution is 14.1. The number of halogens is 2. The summed E-state index contributed by atoms with van der Waals surface area (Å²) in [4.78, 5) is 0. The zero-order chi connectivity index (χ0) is 10.1. The average molecular weight is 339 g/mol. The summed E-state index contributed by atoms with van der Waals surface area (Å²) in [5.41, 5.74) is 0. The van der Waals surface area contributed by atoms with Gasteiger partial charge < -0.3 is 4.74 Å².